The maximum atomic E-state index is 12.9. The van der Waals surface area contributed by atoms with Crippen LogP contribution in [0.4, 0.5) is 5.69 Å². The van der Waals surface area contributed by atoms with Crippen molar-refractivity contribution in [1.29, 1.82) is 0 Å². The van der Waals surface area contributed by atoms with E-state index >= 15 is 0 Å². The molecule has 134 valence electrons. The molecule has 1 N–H and O–H groups in total. The molecule has 1 heterocycles. The summed E-state index contributed by atoms with van der Waals surface area (Å²) >= 11 is 0. The molecular weight excluding hydrogens is 320 g/mol. The third-order valence-electron chi connectivity index (χ3n) is 4.75. The summed E-state index contributed by atoms with van der Waals surface area (Å²) in [6.45, 7) is 2.33. The Bertz CT molecular complexity index is 653. The molecule has 0 saturated carbocycles. The number of ether oxygens (including phenoxy) is 2. The first kappa shape index (κ1) is 17.5. The fourth-order valence-electron chi connectivity index (χ4n) is 3.33. The predicted octanol–water partition coefficient (Wildman–Crippen LogP) is 2.07. The summed E-state index contributed by atoms with van der Waals surface area (Å²) in [6, 6.07) is 7.24. The number of hydrogen-bond donors (Lipinski definition) is 1. The van der Waals surface area contributed by atoms with E-state index < -0.39 is 0 Å². The Morgan fingerprint density at radius 3 is 2.60 bits per heavy atom. The molecule has 6 nitrogen and oxygen atoms in total. The summed E-state index contributed by atoms with van der Waals surface area (Å²) in [5.74, 6) is -0.0507. The minimum Gasteiger partial charge on any atom is -0.497 e. The van der Waals surface area contributed by atoms with Gasteiger partial charge in [0.15, 0.2) is 0 Å². The van der Waals surface area contributed by atoms with Crippen molar-refractivity contribution in [3.8, 4) is 5.75 Å². The van der Waals surface area contributed by atoms with Gasteiger partial charge in [-0.2, -0.15) is 0 Å². The monoisotopic (exact) mass is 344 g/mol. The van der Waals surface area contributed by atoms with Crippen molar-refractivity contribution in [3.05, 3.63) is 36.4 Å². The van der Waals surface area contributed by atoms with E-state index in [0.717, 1.165) is 0 Å². The largest absolute Gasteiger partial charge is 0.497 e. The number of morpholine rings is 1. The number of benzene rings is 1. The Kier molecular flexibility index (Phi) is 5.71. The van der Waals surface area contributed by atoms with Crippen molar-refractivity contribution < 1.29 is 19.1 Å². The standard InChI is InChI=1S/C19H24N2O4/c1-24-15-6-4-5-14(13-15)20-18(22)16-7-2-3-8-17(16)19(23)21-9-11-25-12-10-21/h2-6,13,16-17H,7-12H2,1H3,(H,20,22). The number of nitrogens with zero attached hydrogens (tertiary/aromatic N) is 1. The van der Waals surface area contributed by atoms with Crippen molar-refractivity contribution in [1.82, 2.24) is 4.90 Å². The molecule has 0 spiro atoms. The number of hydrogen-bond acceptors (Lipinski definition) is 4. The minimum absolute atomic E-state index is 0.0541. The number of anilines is 1. The average Bonchev–Trinajstić information content (AvgIpc) is 2.68. The fourth-order valence-corrected chi connectivity index (χ4v) is 3.33. The third-order valence-corrected chi connectivity index (χ3v) is 4.75. The highest BCUT2D eigenvalue weighted by atomic mass is 16.5. The second kappa shape index (κ2) is 8.16. The van der Waals surface area contributed by atoms with Gasteiger partial charge in [-0.3, -0.25) is 9.59 Å². The van der Waals surface area contributed by atoms with E-state index in [1.807, 2.05) is 35.3 Å². The zero-order chi connectivity index (χ0) is 17.6. The molecule has 2 unspecified atom stereocenters. The highest BCUT2D eigenvalue weighted by Crippen LogP contribution is 2.29. The molecule has 25 heavy (non-hydrogen) atoms. The Hall–Kier alpha value is -2.34. The van der Waals surface area contributed by atoms with E-state index in [-0.39, 0.29) is 23.7 Å². The Balaban J connectivity index is 1.70. The molecule has 1 aliphatic heterocycles. The topological polar surface area (TPSA) is 67.9 Å². The summed E-state index contributed by atoms with van der Waals surface area (Å²) in [5, 5.41) is 2.93. The molecule has 0 radical (unpaired) electrons. The maximum Gasteiger partial charge on any atom is 0.228 e. The number of carbonyl (C=O) groups is 2. The predicted molar refractivity (Wildman–Crippen MR) is 94.4 cm³/mol. The van der Waals surface area contributed by atoms with Crippen LogP contribution in [0, 0.1) is 11.8 Å². The van der Waals surface area contributed by atoms with Gasteiger partial charge < -0.3 is 19.7 Å². The number of nitrogens with one attached hydrogen (secondary N) is 1. The van der Waals surface area contributed by atoms with Crippen molar-refractivity contribution in [3.63, 3.8) is 0 Å². The van der Waals surface area contributed by atoms with Crippen LogP contribution in [0.1, 0.15) is 12.8 Å². The van der Waals surface area contributed by atoms with E-state index in [0.29, 0.717) is 50.6 Å². The highest BCUT2D eigenvalue weighted by molar-refractivity contribution is 5.96. The lowest BCUT2D eigenvalue weighted by Gasteiger charge is -2.34. The van der Waals surface area contributed by atoms with Gasteiger partial charge in [-0.25, -0.2) is 0 Å². The van der Waals surface area contributed by atoms with E-state index in [4.69, 9.17) is 9.47 Å². The Morgan fingerprint density at radius 1 is 1.16 bits per heavy atom. The molecule has 2 aliphatic rings. The minimum atomic E-state index is -0.355. The van der Waals surface area contributed by atoms with Gasteiger partial charge in [0, 0.05) is 24.8 Å². The highest BCUT2D eigenvalue weighted by Gasteiger charge is 2.36. The second-order valence-electron chi connectivity index (χ2n) is 6.31. The van der Waals surface area contributed by atoms with Crippen LogP contribution in [0.2, 0.25) is 0 Å². The Labute approximate surface area is 147 Å². The lowest BCUT2D eigenvalue weighted by molar-refractivity contribution is -0.144. The molecule has 3 rings (SSSR count). The lowest BCUT2D eigenvalue weighted by atomic mass is 9.81. The maximum absolute atomic E-state index is 12.9. The summed E-state index contributed by atoms with van der Waals surface area (Å²) in [6.07, 6.45) is 5.17. The van der Waals surface area contributed by atoms with Crippen LogP contribution in [-0.2, 0) is 14.3 Å². The quantitative estimate of drug-likeness (QED) is 0.849. The smallest absolute Gasteiger partial charge is 0.228 e. The van der Waals surface area contributed by atoms with Gasteiger partial charge >= 0.3 is 0 Å². The SMILES string of the molecule is COc1cccc(NC(=O)C2CC=CCC2C(=O)N2CCOCC2)c1. The number of rotatable bonds is 4. The molecule has 0 bridgehead atoms. The van der Waals surface area contributed by atoms with Crippen LogP contribution in [-0.4, -0.2) is 50.1 Å². The van der Waals surface area contributed by atoms with Crippen molar-refractivity contribution in [2.75, 3.05) is 38.7 Å². The number of carbonyl (C=O) groups excluding carboxylic acids is 2. The first-order valence-electron chi connectivity index (χ1n) is 8.65. The number of methoxy groups -OCH3 is 1. The van der Waals surface area contributed by atoms with Gasteiger partial charge in [-0.15, -0.1) is 0 Å². The van der Waals surface area contributed by atoms with Gasteiger partial charge in [-0.05, 0) is 25.0 Å². The molecular formula is C19H24N2O4. The van der Waals surface area contributed by atoms with E-state index in [1.54, 1.807) is 13.2 Å². The van der Waals surface area contributed by atoms with Crippen molar-refractivity contribution >= 4 is 17.5 Å². The number of allylic oxidation sites excluding steroid dienone is 2. The summed E-state index contributed by atoms with van der Waals surface area (Å²) in [5.41, 5.74) is 0.677. The van der Waals surface area contributed by atoms with Crippen LogP contribution in [0.3, 0.4) is 0 Å². The van der Waals surface area contributed by atoms with Crippen LogP contribution < -0.4 is 10.1 Å². The molecule has 2 amide bonds. The van der Waals surface area contributed by atoms with Gasteiger partial charge in [0.05, 0.1) is 32.2 Å². The zero-order valence-corrected chi connectivity index (χ0v) is 14.4. The van der Waals surface area contributed by atoms with E-state index in [1.165, 1.54) is 0 Å². The molecule has 6 heteroatoms. The first-order valence-corrected chi connectivity index (χ1v) is 8.65. The lowest BCUT2D eigenvalue weighted by Crippen LogP contribution is -2.47. The van der Waals surface area contributed by atoms with Gasteiger partial charge in [0.2, 0.25) is 11.8 Å². The zero-order valence-electron chi connectivity index (χ0n) is 14.4. The van der Waals surface area contributed by atoms with Crippen molar-refractivity contribution in [2.24, 2.45) is 11.8 Å². The average molecular weight is 344 g/mol. The fraction of sp³-hybridized carbons (Fsp3) is 0.474. The third kappa shape index (κ3) is 4.20. The first-order chi connectivity index (χ1) is 12.2. The van der Waals surface area contributed by atoms with Gasteiger partial charge in [0.25, 0.3) is 0 Å². The molecule has 1 saturated heterocycles. The van der Waals surface area contributed by atoms with Crippen LogP contribution in [0.5, 0.6) is 5.75 Å². The van der Waals surface area contributed by atoms with Crippen molar-refractivity contribution in [2.45, 2.75) is 12.8 Å². The van der Waals surface area contributed by atoms with Gasteiger partial charge in [-0.1, -0.05) is 18.2 Å². The van der Waals surface area contributed by atoms with Crippen LogP contribution >= 0.6 is 0 Å². The Morgan fingerprint density at radius 2 is 1.88 bits per heavy atom. The second-order valence-corrected chi connectivity index (χ2v) is 6.31. The molecule has 1 aliphatic carbocycles. The van der Waals surface area contributed by atoms with Crippen LogP contribution in [0.15, 0.2) is 36.4 Å². The summed E-state index contributed by atoms with van der Waals surface area (Å²) < 4.78 is 10.5. The summed E-state index contributed by atoms with van der Waals surface area (Å²) in [4.78, 5) is 27.5. The van der Waals surface area contributed by atoms with Gasteiger partial charge in [0.1, 0.15) is 5.75 Å². The van der Waals surface area contributed by atoms with E-state index in [2.05, 4.69) is 5.32 Å². The normalized spacial score (nSPS) is 23.2. The molecule has 1 fully saturated rings. The van der Waals surface area contributed by atoms with Crippen LogP contribution in [0.25, 0.3) is 0 Å². The molecule has 2 atom stereocenters. The summed E-state index contributed by atoms with van der Waals surface area (Å²) in [7, 11) is 1.59. The molecule has 0 aromatic heterocycles. The molecule has 1 aromatic carbocycles. The molecule has 1 aromatic rings. The number of amides is 2. The van der Waals surface area contributed by atoms with E-state index in [9.17, 15) is 9.59 Å².